The minimum atomic E-state index is -0.0224. The number of hydrogen-bond donors (Lipinski definition) is 2. The van der Waals surface area contributed by atoms with Crippen LogP contribution in [0.3, 0.4) is 0 Å². The highest BCUT2D eigenvalue weighted by Gasteiger charge is 2.17. The number of rotatable bonds is 7. The van der Waals surface area contributed by atoms with Crippen LogP contribution in [0, 0.1) is 5.92 Å². The lowest BCUT2D eigenvalue weighted by atomic mass is 9.97. The monoisotopic (exact) mass is 299 g/mol. The van der Waals surface area contributed by atoms with Gasteiger partial charge in [-0.05, 0) is 36.6 Å². The van der Waals surface area contributed by atoms with Crippen LogP contribution >= 0.6 is 0 Å². The second-order valence-corrected chi connectivity index (χ2v) is 5.91. The van der Waals surface area contributed by atoms with Gasteiger partial charge in [-0.3, -0.25) is 0 Å². The van der Waals surface area contributed by atoms with Crippen molar-refractivity contribution in [2.75, 3.05) is 13.7 Å². The fourth-order valence-electron chi connectivity index (χ4n) is 2.46. The molecule has 0 aliphatic heterocycles. The maximum atomic E-state index is 10.3. The number of phenolic OH excluding ortho intramolecular Hbond substituents is 1. The van der Waals surface area contributed by atoms with E-state index in [1.807, 2.05) is 30.3 Å². The molecular weight excluding hydrogens is 274 g/mol. The van der Waals surface area contributed by atoms with Crippen LogP contribution in [-0.4, -0.2) is 18.8 Å². The zero-order valence-electron chi connectivity index (χ0n) is 13.5. The third kappa shape index (κ3) is 4.25. The number of hydrogen-bond acceptors (Lipinski definition) is 3. The molecule has 2 aromatic rings. The number of phenols is 1. The molecule has 1 atom stereocenters. The summed E-state index contributed by atoms with van der Waals surface area (Å²) in [4.78, 5) is 0. The molecule has 0 aromatic heterocycles. The molecule has 2 rings (SSSR count). The van der Waals surface area contributed by atoms with Crippen LogP contribution in [0.15, 0.2) is 48.5 Å². The van der Waals surface area contributed by atoms with Crippen molar-refractivity contribution in [2.24, 2.45) is 5.92 Å². The largest absolute Gasteiger partial charge is 0.507 e. The van der Waals surface area contributed by atoms with E-state index in [-0.39, 0.29) is 11.8 Å². The van der Waals surface area contributed by atoms with Gasteiger partial charge in [0, 0.05) is 11.6 Å². The Morgan fingerprint density at radius 2 is 1.82 bits per heavy atom. The first-order chi connectivity index (χ1) is 10.6. The molecule has 0 bridgehead atoms. The molecule has 1 unspecified atom stereocenters. The number of aromatic hydroxyl groups is 1. The summed E-state index contributed by atoms with van der Waals surface area (Å²) in [5.74, 6) is 1.56. The average molecular weight is 299 g/mol. The fourth-order valence-corrected chi connectivity index (χ4v) is 2.46. The highest BCUT2D eigenvalue weighted by atomic mass is 16.5. The van der Waals surface area contributed by atoms with E-state index in [0.717, 1.165) is 24.1 Å². The number of nitrogens with one attached hydrogen (secondary N) is 1. The molecule has 2 N–H and O–H groups in total. The average Bonchev–Trinajstić information content (AvgIpc) is 2.52. The summed E-state index contributed by atoms with van der Waals surface area (Å²) >= 11 is 0. The molecular formula is C19H25NO2. The molecule has 0 radical (unpaired) electrons. The maximum Gasteiger partial charge on any atom is 0.124 e. The standard InChI is InChI=1S/C19H25NO2/c1-14(2)11-12-20-19(15-7-5-4-6-8-15)17-10-9-16(22-3)13-18(17)21/h4-10,13-14,19-21H,11-12H2,1-3H3. The van der Waals surface area contributed by atoms with Gasteiger partial charge in [0.25, 0.3) is 0 Å². The molecule has 22 heavy (non-hydrogen) atoms. The van der Waals surface area contributed by atoms with Crippen molar-refractivity contribution in [3.05, 3.63) is 59.7 Å². The van der Waals surface area contributed by atoms with Crippen LogP contribution in [0.4, 0.5) is 0 Å². The van der Waals surface area contributed by atoms with E-state index in [2.05, 4.69) is 31.3 Å². The molecule has 118 valence electrons. The van der Waals surface area contributed by atoms with Crippen LogP contribution in [0.1, 0.15) is 37.4 Å². The van der Waals surface area contributed by atoms with Gasteiger partial charge in [0.15, 0.2) is 0 Å². The summed E-state index contributed by atoms with van der Waals surface area (Å²) in [7, 11) is 1.60. The molecule has 2 aromatic carbocycles. The Kier molecular flexibility index (Phi) is 5.84. The molecule has 0 saturated carbocycles. The number of ether oxygens (including phenoxy) is 1. The van der Waals surface area contributed by atoms with Gasteiger partial charge in [0.1, 0.15) is 11.5 Å². The van der Waals surface area contributed by atoms with Gasteiger partial charge in [0.05, 0.1) is 13.2 Å². The first kappa shape index (κ1) is 16.4. The molecule has 0 aliphatic carbocycles. The topological polar surface area (TPSA) is 41.5 Å². The SMILES string of the molecule is COc1ccc(C(NCCC(C)C)c2ccccc2)c(O)c1. The van der Waals surface area contributed by atoms with Crippen LogP contribution in [-0.2, 0) is 0 Å². The Bertz CT molecular complexity index is 581. The molecule has 0 amide bonds. The third-order valence-electron chi connectivity index (χ3n) is 3.75. The Morgan fingerprint density at radius 3 is 2.41 bits per heavy atom. The van der Waals surface area contributed by atoms with E-state index in [1.165, 1.54) is 0 Å². The highest BCUT2D eigenvalue weighted by molar-refractivity contribution is 5.45. The summed E-state index contributed by atoms with van der Waals surface area (Å²) in [6, 6.07) is 15.7. The van der Waals surface area contributed by atoms with Gasteiger partial charge in [-0.1, -0.05) is 44.2 Å². The quantitative estimate of drug-likeness (QED) is 0.808. The third-order valence-corrected chi connectivity index (χ3v) is 3.75. The van der Waals surface area contributed by atoms with Crippen LogP contribution in [0.25, 0.3) is 0 Å². The second-order valence-electron chi connectivity index (χ2n) is 5.91. The Labute approximate surface area is 133 Å². The van der Waals surface area contributed by atoms with Gasteiger partial charge in [-0.2, -0.15) is 0 Å². The molecule has 0 saturated heterocycles. The predicted octanol–water partition coefficient (Wildman–Crippen LogP) is 4.13. The first-order valence-electron chi connectivity index (χ1n) is 7.77. The normalized spacial score (nSPS) is 12.4. The van der Waals surface area contributed by atoms with Crippen molar-refractivity contribution in [1.29, 1.82) is 0 Å². The number of benzene rings is 2. The number of methoxy groups -OCH3 is 1. The molecule has 3 heteroatoms. The van der Waals surface area contributed by atoms with E-state index < -0.39 is 0 Å². The van der Waals surface area contributed by atoms with E-state index in [0.29, 0.717) is 11.7 Å². The van der Waals surface area contributed by atoms with Crippen molar-refractivity contribution in [2.45, 2.75) is 26.3 Å². The van der Waals surface area contributed by atoms with Gasteiger partial charge in [0.2, 0.25) is 0 Å². The van der Waals surface area contributed by atoms with Crippen molar-refractivity contribution >= 4 is 0 Å². The Balaban J connectivity index is 2.27. The van der Waals surface area contributed by atoms with E-state index in [4.69, 9.17) is 4.74 Å². The van der Waals surface area contributed by atoms with Gasteiger partial charge in [-0.15, -0.1) is 0 Å². The second kappa shape index (κ2) is 7.85. The van der Waals surface area contributed by atoms with E-state index in [1.54, 1.807) is 13.2 Å². The van der Waals surface area contributed by atoms with Gasteiger partial charge in [-0.25, -0.2) is 0 Å². The van der Waals surface area contributed by atoms with Crippen LogP contribution in [0.2, 0.25) is 0 Å². The molecule has 0 spiro atoms. The van der Waals surface area contributed by atoms with E-state index >= 15 is 0 Å². The van der Waals surface area contributed by atoms with Crippen molar-refractivity contribution in [3.8, 4) is 11.5 Å². The van der Waals surface area contributed by atoms with Crippen molar-refractivity contribution in [1.82, 2.24) is 5.32 Å². The molecule has 0 heterocycles. The summed E-state index contributed by atoms with van der Waals surface area (Å²) < 4.78 is 5.17. The maximum absolute atomic E-state index is 10.3. The molecule has 0 aliphatic rings. The summed E-state index contributed by atoms with van der Waals surface area (Å²) in [5.41, 5.74) is 2.02. The predicted molar refractivity (Wildman–Crippen MR) is 90.4 cm³/mol. The fraction of sp³-hybridized carbons (Fsp3) is 0.368. The summed E-state index contributed by atoms with van der Waals surface area (Å²) in [5, 5.41) is 13.9. The summed E-state index contributed by atoms with van der Waals surface area (Å²) in [6.45, 7) is 5.33. The van der Waals surface area contributed by atoms with Crippen molar-refractivity contribution < 1.29 is 9.84 Å². The van der Waals surface area contributed by atoms with Gasteiger partial charge < -0.3 is 15.2 Å². The smallest absolute Gasteiger partial charge is 0.124 e. The van der Waals surface area contributed by atoms with Crippen LogP contribution < -0.4 is 10.1 Å². The van der Waals surface area contributed by atoms with Crippen molar-refractivity contribution in [3.63, 3.8) is 0 Å². The highest BCUT2D eigenvalue weighted by Crippen LogP contribution is 2.32. The zero-order valence-corrected chi connectivity index (χ0v) is 13.5. The zero-order chi connectivity index (χ0) is 15.9. The van der Waals surface area contributed by atoms with Crippen LogP contribution in [0.5, 0.6) is 11.5 Å². The minimum absolute atomic E-state index is 0.0224. The minimum Gasteiger partial charge on any atom is -0.507 e. The Hall–Kier alpha value is -2.00. The lowest BCUT2D eigenvalue weighted by Gasteiger charge is -2.21. The van der Waals surface area contributed by atoms with Gasteiger partial charge >= 0.3 is 0 Å². The first-order valence-corrected chi connectivity index (χ1v) is 7.77. The lowest BCUT2D eigenvalue weighted by Crippen LogP contribution is -2.24. The summed E-state index contributed by atoms with van der Waals surface area (Å²) in [6.07, 6.45) is 1.10. The molecule has 3 nitrogen and oxygen atoms in total. The Morgan fingerprint density at radius 1 is 1.09 bits per heavy atom. The van der Waals surface area contributed by atoms with E-state index in [9.17, 15) is 5.11 Å². The lowest BCUT2D eigenvalue weighted by molar-refractivity contribution is 0.404. The molecule has 0 fully saturated rings.